The van der Waals surface area contributed by atoms with Crippen LogP contribution in [-0.2, 0) is 10.3 Å². The van der Waals surface area contributed by atoms with Gasteiger partial charge in [0.05, 0.1) is 11.2 Å². The first-order chi connectivity index (χ1) is 5.11. The molecule has 1 rings (SSSR count). The molecule has 0 radical (unpaired) electrons. The Morgan fingerprint density at radius 3 is 2.73 bits per heavy atom. The van der Waals surface area contributed by atoms with Crippen molar-refractivity contribution in [3.05, 3.63) is 21.7 Å². The van der Waals surface area contributed by atoms with Crippen molar-refractivity contribution in [1.29, 1.82) is 0 Å². The maximum absolute atomic E-state index is 10.3. The van der Waals surface area contributed by atoms with Gasteiger partial charge in [0, 0.05) is 5.69 Å². The summed E-state index contributed by atoms with van der Waals surface area (Å²) < 4.78 is 20.6. The maximum atomic E-state index is 10.3. The zero-order chi connectivity index (χ0) is 8.43. The summed E-state index contributed by atoms with van der Waals surface area (Å²) >= 11 is 5.59. The first kappa shape index (κ1) is 8.29. The monoisotopic (exact) mass is 192 g/mol. The van der Waals surface area contributed by atoms with Crippen LogP contribution in [0.15, 0.2) is 6.20 Å². The highest BCUT2D eigenvalue weighted by Crippen LogP contribution is 2.07. The van der Waals surface area contributed by atoms with Gasteiger partial charge in [-0.05, 0) is 6.92 Å². The molecule has 0 aliphatic heterocycles. The molecule has 11 heavy (non-hydrogen) atoms. The van der Waals surface area contributed by atoms with Gasteiger partial charge >= 0.3 is 0 Å². The fourth-order valence-corrected chi connectivity index (χ4v) is 1.02. The van der Waals surface area contributed by atoms with E-state index < -0.39 is 10.3 Å². The average Bonchev–Trinajstić information content (AvgIpc) is 1.94. The number of hydrogen-bond donors (Lipinski definition) is 1. The van der Waals surface area contributed by atoms with Crippen LogP contribution in [0.4, 0.5) is 0 Å². The molecule has 1 aromatic heterocycles. The molecule has 0 atom stereocenters. The van der Waals surface area contributed by atoms with E-state index in [1.165, 1.54) is 6.20 Å². The van der Waals surface area contributed by atoms with Crippen LogP contribution < -0.4 is 0 Å². The molecule has 0 saturated heterocycles. The normalized spacial score (nSPS) is 9.64. The van der Waals surface area contributed by atoms with Crippen molar-refractivity contribution in [3.8, 4) is 0 Å². The smallest absolute Gasteiger partial charge is 0.258 e. The lowest BCUT2D eigenvalue weighted by molar-refractivity contribution is 0.623. The molecule has 0 spiro atoms. The Morgan fingerprint density at radius 2 is 2.27 bits per heavy atom. The molecular formula is C5H5ClN2O2S. The number of nitrogens with zero attached hydrogens (tertiary/aromatic N) is 1. The summed E-state index contributed by atoms with van der Waals surface area (Å²) in [4.78, 5) is 6.06. The van der Waals surface area contributed by atoms with Crippen LogP contribution in [0.2, 0.25) is 5.02 Å². The van der Waals surface area contributed by atoms with Crippen molar-refractivity contribution in [2.24, 2.45) is 0 Å². The molecule has 0 bridgehead atoms. The second-order valence-electron chi connectivity index (χ2n) is 1.90. The van der Waals surface area contributed by atoms with E-state index in [9.17, 15) is 8.42 Å². The van der Waals surface area contributed by atoms with E-state index in [0.717, 1.165) is 0 Å². The largest absolute Gasteiger partial charge is 0.330 e. The van der Waals surface area contributed by atoms with Crippen molar-refractivity contribution >= 4 is 21.9 Å². The van der Waals surface area contributed by atoms with E-state index in [4.69, 9.17) is 11.6 Å². The predicted molar refractivity (Wildman–Crippen MR) is 40.5 cm³/mol. The third-order valence-electron chi connectivity index (χ3n) is 1.11. The van der Waals surface area contributed by atoms with Crippen LogP contribution in [-0.4, -0.2) is 18.4 Å². The number of aromatic amines is 1. The molecule has 6 heteroatoms. The van der Waals surface area contributed by atoms with Gasteiger partial charge in [-0.1, -0.05) is 11.6 Å². The maximum Gasteiger partial charge on any atom is 0.258 e. The third kappa shape index (κ3) is 1.81. The van der Waals surface area contributed by atoms with Crippen molar-refractivity contribution in [2.45, 2.75) is 6.92 Å². The van der Waals surface area contributed by atoms with Gasteiger partial charge in [0.15, 0.2) is 0 Å². The minimum atomic E-state index is -2.32. The van der Waals surface area contributed by atoms with Crippen LogP contribution in [0.25, 0.3) is 0 Å². The molecule has 0 amide bonds. The van der Waals surface area contributed by atoms with Crippen molar-refractivity contribution in [1.82, 2.24) is 9.97 Å². The zero-order valence-electron chi connectivity index (χ0n) is 5.63. The second-order valence-corrected chi connectivity index (χ2v) is 3.16. The molecular weight excluding hydrogens is 188 g/mol. The Labute approximate surface area is 69.4 Å². The highest BCUT2D eigenvalue weighted by molar-refractivity contribution is 7.63. The molecule has 1 heterocycles. The Balaban J connectivity index is 3.65. The van der Waals surface area contributed by atoms with Crippen molar-refractivity contribution < 1.29 is 8.42 Å². The van der Waals surface area contributed by atoms with E-state index in [0.29, 0.717) is 10.7 Å². The van der Waals surface area contributed by atoms with Gasteiger partial charge in [-0.15, -0.1) is 0 Å². The number of aromatic nitrogens is 2. The first-order valence-corrected chi connectivity index (χ1v) is 4.20. The summed E-state index contributed by atoms with van der Waals surface area (Å²) in [6, 6.07) is 0. The topological polar surface area (TPSA) is 62.8 Å². The van der Waals surface area contributed by atoms with Crippen LogP contribution in [0.5, 0.6) is 0 Å². The fourth-order valence-electron chi connectivity index (χ4n) is 0.549. The molecule has 4 nitrogen and oxygen atoms in total. The summed E-state index contributed by atoms with van der Waals surface area (Å²) in [5, 5.41) is 0.416. The van der Waals surface area contributed by atoms with E-state index >= 15 is 0 Å². The molecule has 0 saturated carbocycles. The third-order valence-corrected chi connectivity index (χ3v) is 2.01. The van der Waals surface area contributed by atoms with Crippen molar-refractivity contribution in [3.63, 3.8) is 0 Å². The van der Waals surface area contributed by atoms with Gasteiger partial charge < -0.3 is 4.98 Å². The van der Waals surface area contributed by atoms with Crippen molar-refractivity contribution in [2.75, 3.05) is 0 Å². The Hall–Kier alpha value is -0.810. The quantitative estimate of drug-likeness (QED) is 0.618. The van der Waals surface area contributed by atoms with Gasteiger partial charge in [0.2, 0.25) is 0 Å². The minimum Gasteiger partial charge on any atom is -0.330 e. The van der Waals surface area contributed by atoms with Gasteiger partial charge in [-0.2, -0.15) is 8.42 Å². The van der Waals surface area contributed by atoms with Gasteiger partial charge in [-0.25, -0.2) is 4.98 Å². The molecule has 1 N–H and O–H groups in total. The van der Waals surface area contributed by atoms with Gasteiger partial charge in [0.1, 0.15) is 0 Å². The SMILES string of the molecule is Cc1[nH]c(=S(=O)=O)ncc1Cl. The highest BCUT2D eigenvalue weighted by Gasteiger charge is 1.93. The first-order valence-electron chi connectivity index (χ1n) is 2.75. The number of halogens is 1. The van der Waals surface area contributed by atoms with Crippen LogP contribution >= 0.6 is 11.6 Å². The predicted octanol–water partition coefficient (Wildman–Crippen LogP) is 0.783. The Morgan fingerprint density at radius 1 is 1.64 bits per heavy atom. The molecule has 0 fully saturated rings. The summed E-state index contributed by atoms with van der Waals surface area (Å²) in [6.07, 6.45) is 1.29. The standard InChI is InChI=1S/C5H5ClN2O2S/c1-3-4(6)2-7-5(8-3)11(9)10/h2,8H,1H3. The van der Waals surface area contributed by atoms with Crippen LogP contribution in [0, 0.1) is 11.7 Å². The lowest BCUT2D eigenvalue weighted by atomic mass is 10.5. The number of H-pyrrole nitrogens is 1. The summed E-state index contributed by atoms with van der Waals surface area (Å²) in [5.74, 6) is 0. The summed E-state index contributed by atoms with van der Waals surface area (Å²) in [5.41, 5.74) is 0.584. The number of rotatable bonds is 0. The Bertz CT molecular complexity index is 426. The molecule has 0 aliphatic rings. The van der Waals surface area contributed by atoms with E-state index in [-0.39, 0.29) is 4.77 Å². The van der Waals surface area contributed by atoms with E-state index in [1.54, 1.807) is 6.92 Å². The van der Waals surface area contributed by atoms with Gasteiger partial charge in [0.25, 0.3) is 15.1 Å². The molecule has 1 aromatic rings. The number of aryl methyl sites for hydroxylation is 1. The molecule has 0 unspecified atom stereocenters. The van der Waals surface area contributed by atoms with E-state index in [2.05, 4.69) is 9.97 Å². The second kappa shape index (κ2) is 3.06. The van der Waals surface area contributed by atoms with E-state index in [1.807, 2.05) is 0 Å². The minimum absolute atomic E-state index is 0.105. The highest BCUT2D eigenvalue weighted by atomic mass is 35.5. The lowest BCUT2D eigenvalue weighted by Crippen LogP contribution is -1.88. The fraction of sp³-hybridized carbons (Fsp3) is 0.200. The summed E-state index contributed by atoms with van der Waals surface area (Å²) in [7, 11) is -2.32. The molecule has 0 aliphatic carbocycles. The Kier molecular flexibility index (Phi) is 2.31. The zero-order valence-corrected chi connectivity index (χ0v) is 7.20. The average molecular weight is 193 g/mol. The molecule has 60 valence electrons. The molecule has 0 aromatic carbocycles. The van der Waals surface area contributed by atoms with Gasteiger partial charge in [-0.3, -0.25) is 0 Å². The van der Waals surface area contributed by atoms with Crippen LogP contribution in [0.1, 0.15) is 5.69 Å². The number of hydrogen-bond acceptors (Lipinski definition) is 3. The summed E-state index contributed by atoms with van der Waals surface area (Å²) in [6.45, 7) is 1.67. The number of nitrogens with one attached hydrogen (secondary N) is 1. The van der Waals surface area contributed by atoms with Crippen LogP contribution in [0.3, 0.4) is 0 Å². The lowest BCUT2D eigenvalue weighted by Gasteiger charge is -1.92.